The smallest absolute Gasteiger partial charge is 0.303 e. The zero-order valence-electron chi connectivity index (χ0n) is 11.3. The number of rotatable bonds is 7. The van der Waals surface area contributed by atoms with Crippen LogP contribution in [-0.2, 0) is 16.0 Å². The summed E-state index contributed by atoms with van der Waals surface area (Å²) in [4.78, 5) is 26.3. The van der Waals surface area contributed by atoms with Crippen LogP contribution in [0.1, 0.15) is 37.6 Å². The van der Waals surface area contributed by atoms with E-state index < -0.39 is 5.97 Å². The van der Waals surface area contributed by atoms with E-state index in [0.717, 1.165) is 11.4 Å². The molecule has 0 aliphatic heterocycles. The number of amides is 1. The number of aliphatic carboxylic acids is 1. The molecule has 0 aliphatic carbocycles. The van der Waals surface area contributed by atoms with Crippen LogP contribution in [0.2, 0.25) is 0 Å². The number of hydrogen-bond donors (Lipinski definition) is 2. The van der Waals surface area contributed by atoms with Gasteiger partial charge in [0.15, 0.2) is 0 Å². The Bertz CT molecular complexity index is 446. The Labute approximate surface area is 113 Å². The summed E-state index contributed by atoms with van der Waals surface area (Å²) in [6.45, 7) is 3.84. The van der Waals surface area contributed by atoms with Crippen molar-refractivity contribution >= 4 is 11.9 Å². The van der Waals surface area contributed by atoms with E-state index in [0.29, 0.717) is 12.8 Å². The number of nitrogens with zero attached hydrogens (tertiary/aromatic N) is 1. The van der Waals surface area contributed by atoms with Gasteiger partial charge in [-0.15, -0.1) is 0 Å². The van der Waals surface area contributed by atoms with Gasteiger partial charge in [-0.3, -0.25) is 14.6 Å². The lowest BCUT2D eigenvalue weighted by atomic mass is 10.1. The van der Waals surface area contributed by atoms with Crippen molar-refractivity contribution in [3.05, 3.63) is 29.6 Å². The highest BCUT2D eigenvalue weighted by Gasteiger charge is 2.09. The molecule has 2 N–H and O–H groups in total. The van der Waals surface area contributed by atoms with Crippen LogP contribution in [0.4, 0.5) is 0 Å². The maximum Gasteiger partial charge on any atom is 0.303 e. The van der Waals surface area contributed by atoms with Gasteiger partial charge < -0.3 is 10.4 Å². The van der Waals surface area contributed by atoms with Crippen molar-refractivity contribution < 1.29 is 14.7 Å². The molecule has 0 aromatic carbocycles. The summed E-state index contributed by atoms with van der Waals surface area (Å²) < 4.78 is 0. The summed E-state index contributed by atoms with van der Waals surface area (Å²) in [6.07, 6.45) is 1.32. The van der Waals surface area contributed by atoms with Gasteiger partial charge in [0, 0.05) is 36.7 Å². The Balaban J connectivity index is 2.32. The zero-order chi connectivity index (χ0) is 14.3. The Morgan fingerprint density at radius 1 is 1.37 bits per heavy atom. The molecular formula is C14H20N2O3. The van der Waals surface area contributed by atoms with Gasteiger partial charge in [0.25, 0.3) is 0 Å². The molecule has 0 radical (unpaired) electrons. The SMILES string of the molecule is Cc1cccc(C[C@@H](C)NC(=O)CCCC(=O)O)n1. The van der Waals surface area contributed by atoms with Crippen LogP contribution >= 0.6 is 0 Å². The first kappa shape index (κ1) is 15.1. The summed E-state index contributed by atoms with van der Waals surface area (Å²) in [5.74, 6) is -0.980. The number of carbonyl (C=O) groups excluding carboxylic acids is 1. The first-order valence-corrected chi connectivity index (χ1v) is 6.41. The highest BCUT2D eigenvalue weighted by molar-refractivity contribution is 5.77. The molecule has 0 saturated carbocycles. The van der Waals surface area contributed by atoms with Crippen LogP contribution in [0.25, 0.3) is 0 Å². The lowest BCUT2D eigenvalue weighted by Crippen LogP contribution is -2.34. The second-order valence-corrected chi connectivity index (χ2v) is 4.69. The quantitative estimate of drug-likeness (QED) is 0.785. The van der Waals surface area contributed by atoms with Crippen LogP contribution in [0.5, 0.6) is 0 Å². The molecule has 0 aliphatic rings. The van der Waals surface area contributed by atoms with Crippen molar-refractivity contribution in [2.75, 3.05) is 0 Å². The number of carboxylic acids is 1. The summed E-state index contributed by atoms with van der Waals surface area (Å²) >= 11 is 0. The van der Waals surface area contributed by atoms with Crippen molar-refractivity contribution in [3.63, 3.8) is 0 Å². The first-order valence-electron chi connectivity index (χ1n) is 6.41. The van der Waals surface area contributed by atoms with Crippen molar-refractivity contribution in [2.45, 2.75) is 45.6 Å². The van der Waals surface area contributed by atoms with Gasteiger partial charge in [-0.05, 0) is 32.4 Å². The van der Waals surface area contributed by atoms with Gasteiger partial charge in [-0.1, -0.05) is 6.07 Å². The van der Waals surface area contributed by atoms with Crippen LogP contribution in [0, 0.1) is 6.92 Å². The van der Waals surface area contributed by atoms with Gasteiger partial charge in [0.05, 0.1) is 0 Å². The lowest BCUT2D eigenvalue weighted by molar-refractivity contribution is -0.137. The lowest BCUT2D eigenvalue weighted by Gasteiger charge is -2.13. The Hall–Kier alpha value is -1.91. The minimum atomic E-state index is -0.871. The normalized spacial score (nSPS) is 11.9. The molecule has 0 bridgehead atoms. The van der Waals surface area contributed by atoms with Crippen molar-refractivity contribution in [2.24, 2.45) is 0 Å². The summed E-state index contributed by atoms with van der Waals surface area (Å²) in [5, 5.41) is 11.3. The molecule has 1 aromatic heterocycles. The molecule has 0 fully saturated rings. The van der Waals surface area contributed by atoms with E-state index >= 15 is 0 Å². The van der Waals surface area contributed by atoms with Gasteiger partial charge >= 0.3 is 5.97 Å². The fourth-order valence-corrected chi connectivity index (χ4v) is 1.83. The monoisotopic (exact) mass is 264 g/mol. The molecule has 104 valence electrons. The minimum absolute atomic E-state index is 0.00775. The fourth-order valence-electron chi connectivity index (χ4n) is 1.83. The number of nitrogens with one attached hydrogen (secondary N) is 1. The number of carboxylic acid groups (broad SMARTS) is 1. The molecule has 1 aromatic rings. The number of carbonyl (C=O) groups is 2. The molecule has 19 heavy (non-hydrogen) atoms. The second-order valence-electron chi connectivity index (χ2n) is 4.69. The summed E-state index contributed by atoms with van der Waals surface area (Å²) in [7, 11) is 0. The standard InChI is InChI=1S/C14H20N2O3/c1-10-5-3-6-12(15-10)9-11(2)16-13(17)7-4-8-14(18)19/h3,5-6,11H,4,7-9H2,1-2H3,(H,16,17)(H,18,19)/t11-/m1/s1. The molecule has 5 nitrogen and oxygen atoms in total. The third-order valence-electron chi connectivity index (χ3n) is 2.66. The van der Waals surface area contributed by atoms with E-state index in [9.17, 15) is 9.59 Å². The van der Waals surface area contributed by atoms with E-state index in [1.54, 1.807) is 0 Å². The average molecular weight is 264 g/mol. The minimum Gasteiger partial charge on any atom is -0.481 e. The fraction of sp³-hybridized carbons (Fsp3) is 0.500. The third kappa shape index (κ3) is 6.55. The Morgan fingerprint density at radius 3 is 2.74 bits per heavy atom. The zero-order valence-corrected chi connectivity index (χ0v) is 11.3. The highest BCUT2D eigenvalue weighted by atomic mass is 16.4. The van der Waals surface area contributed by atoms with Crippen molar-refractivity contribution in [1.82, 2.24) is 10.3 Å². The molecule has 1 amide bonds. The topological polar surface area (TPSA) is 79.3 Å². The van der Waals surface area contributed by atoms with Crippen molar-refractivity contribution in [1.29, 1.82) is 0 Å². The van der Waals surface area contributed by atoms with Gasteiger partial charge in [0.1, 0.15) is 0 Å². The maximum absolute atomic E-state index is 11.6. The van der Waals surface area contributed by atoms with Gasteiger partial charge in [-0.25, -0.2) is 0 Å². The Morgan fingerprint density at radius 2 is 2.11 bits per heavy atom. The second kappa shape index (κ2) is 7.51. The number of aromatic nitrogens is 1. The summed E-state index contributed by atoms with van der Waals surface area (Å²) in [6, 6.07) is 5.80. The van der Waals surface area contributed by atoms with Crippen LogP contribution < -0.4 is 5.32 Å². The highest BCUT2D eigenvalue weighted by Crippen LogP contribution is 2.03. The molecule has 1 heterocycles. The molecule has 1 rings (SSSR count). The molecule has 0 unspecified atom stereocenters. The van der Waals surface area contributed by atoms with Crippen LogP contribution in [0.3, 0.4) is 0 Å². The summed E-state index contributed by atoms with van der Waals surface area (Å²) in [5.41, 5.74) is 1.90. The predicted molar refractivity (Wildman–Crippen MR) is 71.8 cm³/mol. The first-order chi connectivity index (χ1) is 8.97. The average Bonchev–Trinajstić information content (AvgIpc) is 2.27. The van der Waals surface area contributed by atoms with E-state index in [4.69, 9.17) is 5.11 Å². The van der Waals surface area contributed by atoms with Gasteiger partial charge in [0.2, 0.25) is 5.91 Å². The maximum atomic E-state index is 11.6. The predicted octanol–water partition coefficient (Wildman–Crippen LogP) is 1.69. The molecule has 5 heteroatoms. The Kier molecular flexibility index (Phi) is 5.99. The van der Waals surface area contributed by atoms with Crippen LogP contribution in [-0.4, -0.2) is 28.0 Å². The third-order valence-corrected chi connectivity index (χ3v) is 2.66. The van der Waals surface area contributed by atoms with E-state index in [-0.39, 0.29) is 24.8 Å². The van der Waals surface area contributed by atoms with Crippen LogP contribution in [0.15, 0.2) is 18.2 Å². The molecule has 1 atom stereocenters. The van der Waals surface area contributed by atoms with E-state index in [1.165, 1.54) is 0 Å². The molecular weight excluding hydrogens is 244 g/mol. The molecule has 0 saturated heterocycles. The van der Waals surface area contributed by atoms with Crippen molar-refractivity contribution in [3.8, 4) is 0 Å². The molecule has 0 spiro atoms. The van der Waals surface area contributed by atoms with E-state index in [1.807, 2.05) is 32.0 Å². The van der Waals surface area contributed by atoms with E-state index in [2.05, 4.69) is 10.3 Å². The largest absolute Gasteiger partial charge is 0.481 e. The number of pyridine rings is 1. The number of hydrogen-bond acceptors (Lipinski definition) is 3. The number of aryl methyl sites for hydroxylation is 1. The van der Waals surface area contributed by atoms with Gasteiger partial charge in [-0.2, -0.15) is 0 Å².